The smallest absolute Gasteiger partial charge is 0.227 e. The molecule has 0 aliphatic carbocycles. The SMILES string of the molecule is Cc1ccc(-c2nc(CCNC(=O)CCc3nc(-c4ccc(Cl)cc4)no3)co2)cc1. The number of nitrogens with zero attached hydrogens (tertiary/aromatic N) is 3. The van der Waals surface area contributed by atoms with Crippen molar-refractivity contribution in [3.63, 3.8) is 0 Å². The summed E-state index contributed by atoms with van der Waals surface area (Å²) in [5, 5.41) is 7.47. The number of aromatic nitrogens is 3. The molecule has 0 aliphatic rings. The van der Waals surface area contributed by atoms with Crippen LogP contribution in [-0.4, -0.2) is 27.6 Å². The molecule has 0 radical (unpaired) electrons. The minimum atomic E-state index is -0.0894. The van der Waals surface area contributed by atoms with Gasteiger partial charge < -0.3 is 14.3 Å². The Morgan fingerprint density at radius 3 is 2.52 bits per heavy atom. The van der Waals surface area contributed by atoms with E-state index < -0.39 is 0 Å². The van der Waals surface area contributed by atoms with Gasteiger partial charge >= 0.3 is 0 Å². The van der Waals surface area contributed by atoms with E-state index in [9.17, 15) is 4.79 Å². The third-order valence-electron chi connectivity index (χ3n) is 4.69. The van der Waals surface area contributed by atoms with Crippen LogP contribution >= 0.6 is 11.6 Å². The van der Waals surface area contributed by atoms with Crippen LogP contribution in [0.15, 0.2) is 63.7 Å². The first-order valence-electron chi connectivity index (χ1n) is 9.93. The molecule has 0 saturated carbocycles. The summed E-state index contributed by atoms with van der Waals surface area (Å²) in [6.07, 6.45) is 2.84. The first kappa shape index (κ1) is 20.8. The van der Waals surface area contributed by atoms with E-state index in [4.69, 9.17) is 20.5 Å². The molecule has 1 amide bonds. The Morgan fingerprint density at radius 2 is 1.74 bits per heavy atom. The van der Waals surface area contributed by atoms with Gasteiger partial charge in [0.15, 0.2) is 0 Å². The molecule has 2 aromatic carbocycles. The highest BCUT2D eigenvalue weighted by Gasteiger charge is 2.11. The van der Waals surface area contributed by atoms with E-state index in [0.717, 1.165) is 16.8 Å². The third-order valence-corrected chi connectivity index (χ3v) is 4.94. The van der Waals surface area contributed by atoms with Crippen LogP contribution in [0.5, 0.6) is 0 Å². The maximum Gasteiger partial charge on any atom is 0.227 e. The zero-order chi connectivity index (χ0) is 21.6. The van der Waals surface area contributed by atoms with Crippen molar-refractivity contribution in [2.45, 2.75) is 26.2 Å². The first-order chi connectivity index (χ1) is 15.1. The van der Waals surface area contributed by atoms with Crippen LogP contribution in [0.25, 0.3) is 22.8 Å². The number of halogens is 1. The van der Waals surface area contributed by atoms with Crippen molar-refractivity contribution in [2.75, 3.05) is 6.54 Å². The van der Waals surface area contributed by atoms with E-state index in [1.807, 2.05) is 43.3 Å². The largest absolute Gasteiger partial charge is 0.444 e. The predicted molar refractivity (Wildman–Crippen MR) is 116 cm³/mol. The fourth-order valence-corrected chi connectivity index (χ4v) is 3.09. The summed E-state index contributed by atoms with van der Waals surface area (Å²) in [5.74, 6) is 1.38. The number of oxazole rings is 1. The summed E-state index contributed by atoms with van der Waals surface area (Å²) in [5.41, 5.74) is 3.71. The lowest BCUT2D eigenvalue weighted by atomic mass is 10.1. The number of carbonyl (C=O) groups excluding carboxylic acids is 1. The molecule has 0 atom stereocenters. The Bertz CT molecular complexity index is 1150. The highest BCUT2D eigenvalue weighted by atomic mass is 35.5. The van der Waals surface area contributed by atoms with Gasteiger partial charge in [0.2, 0.25) is 23.5 Å². The molecule has 0 bridgehead atoms. The molecule has 0 spiro atoms. The van der Waals surface area contributed by atoms with Gasteiger partial charge in [-0.25, -0.2) is 4.98 Å². The molecule has 0 saturated heterocycles. The molecular formula is C23H21ClN4O3. The van der Waals surface area contributed by atoms with Gasteiger partial charge in [0, 0.05) is 42.0 Å². The second-order valence-corrected chi connectivity index (χ2v) is 7.57. The van der Waals surface area contributed by atoms with Crippen molar-refractivity contribution in [1.29, 1.82) is 0 Å². The lowest BCUT2D eigenvalue weighted by Gasteiger charge is -2.02. The lowest BCUT2D eigenvalue weighted by molar-refractivity contribution is -0.121. The summed E-state index contributed by atoms with van der Waals surface area (Å²) in [6.45, 7) is 2.50. The number of rotatable bonds is 8. The van der Waals surface area contributed by atoms with Crippen molar-refractivity contribution in [2.24, 2.45) is 0 Å². The number of hydrogen-bond acceptors (Lipinski definition) is 6. The Labute approximate surface area is 184 Å². The quantitative estimate of drug-likeness (QED) is 0.432. The average Bonchev–Trinajstić information content (AvgIpc) is 3.43. The average molecular weight is 437 g/mol. The van der Waals surface area contributed by atoms with Crippen LogP contribution in [0.1, 0.15) is 23.6 Å². The summed E-state index contributed by atoms with van der Waals surface area (Å²) in [6, 6.07) is 15.1. The number of amides is 1. The first-order valence-corrected chi connectivity index (χ1v) is 10.3. The highest BCUT2D eigenvalue weighted by Crippen LogP contribution is 2.20. The van der Waals surface area contributed by atoms with E-state index in [1.165, 1.54) is 5.56 Å². The Kier molecular flexibility index (Phi) is 6.43. The highest BCUT2D eigenvalue weighted by molar-refractivity contribution is 6.30. The topological polar surface area (TPSA) is 94.1 Å². The minimum absolute atomic E-state index is 0.0894. The van der Waals surface area contributed by atoms with Crippen LogP contribution in [0.4, 0.5) is 0 Å². The van der Waals surface area contributed by atoms with E-state index in [0.29, 0.717) is 42.0 Å². The van der Waals surface area contributed by atoms with Gasteiger partial charge in [0.05, 0.1) is 5.69 Å². The predicted octanol–water partition coefficient (Wildman–Crippen LogP) is 4.64. The Hall–Kier alpha value is -3.45. The number of carbonyl (C=O) groups is 1. The monoisotopic (exact) mass is 436 g/mol. The summed E-state index contributed by atoms with van der Waals surface area (Å²) >= 11 is 5.89. The van der Waals surface area contributed by atoms with Crippen LogP contribution in [-0.2, 0) is 17.6 Å². The van der Waals surface area contributed by atoms with E-state index >= 15 is 0 Å². The van der Waals surface area contributed by atoms with Crippen molar-refractivity contribution in [3.05, 3.63) is 77.0 Å². The molecule has 0 aliphatic heterocycles. The van der Waals surface area contributed by atoms with Gasteiger partial charge in [0.1, 0.15) is 6.26 Å². The lowest BCUT2D eigenvalue weighted by Crippen LogP contribution is -2.26. The van der Waals surface area contributed by atoms with Gasteiger partial charge in [-0.15, -0.1) is 0 Å². The molecule has 2 aromatic heterocycles. The van der Waals surface area contributed by atoms with E-state index in [-0.39, 0.29) is 12.3 Å². The molecule has 158 valence electrons. The van der Waals surface area contributed by atoms with Crippen molar-refractivity contribution in [3.8, 4) is 22.8 Å². The molecule has 31 heavy (non-hydrogen) atoms. The summed E-state index contributed by atoms with van der Waals surface area (Å²) in [4.78, 5) is 20.9. The zero-order valence-corrected chi connectivity index (χ0v) is 17.7. The van der Waals surface area contributed by atoms with E-state index in [2.05, 4.69) is 20.4 Å². The van der Waals surface area contributed by atoms with Crippen LogP contribution < -0.4 is 5.32 Å². The second-order valence-electron chi connectivity index (χ2n) is 7.13. The van der Waals surface area contributed by atoms with Crippen molar-refractivity contribution >= 4 is 17.5 Å². The maximum atomic E-state index is 12.1. The minimum Gasteiger partial charge on any atom is -0.444 e. The Balaban J connectivity index is 1.21. The van der Waals surface area contributed by atoms with Crippen LogP contribution in [0, 0.1) is 6.92 Å². The molecule has 2 heterocycles. The van der Waals surface area contributed by atoms with Gasteiger partial charge in [-0.1, -0.05) is 34.5 Å². The van der Waals surface area contributed by atoms with Gasteiger partial charge in [-0.05, 0) is 43.3 Å². The summed E-state index contributed by atoms with van der Waals surface area (Å²) in [7, 11) is 0. The molecule has 7 nitrogen and oxygen atoms in total. The van der Waals surface area contributed by atoms with Crippen LogP contribution in [0.3, 0.4) is 0 Å². The second kappa shape index (κ2) is 9.57. The fourth-order valence-electron chi connectivity index (χ4n) is 2.96. The van der Waals surface area contributed by atoms with Gasteiger partial charge in [-0.2, -0.15) is 4.98 Å². The fraction of sp³-hybridized carbons (Fsp3) is 0.217. The van der Waals surface area contributed by atoms with E-state index in [1.54, 1.807) is 18.4 Å². The molecule has 4 aromatic rings. The van der Waals surface area contributed by atoms with Gasteiger partial charge in [0.25, 0.3) is 0 Å². The number of hydrogen-bond donors (Lipinski definition) is 1. The zero-order valence-electron chi connectivity index (χ0n) is 17.0. The standard InChI is InChI=1S/C23H21ClN4O3/c1-15-2-4-17(5-3-15)23-26-19(14-30-23)12-13-25-20(29)10-11-21-27-22(28-31-21)16-6-8-18(24)9-7-16/h2-9,14H,10-13H2,1H3,(H,25,29). The number of nitrogens with one attached hydrogen (secondary N) is 1. The van der Waals surface area contributed by atoms with Gasteiger partial charge in [-0.3, -0.25) is 4.79 Å². The summed E-state index contributed by atoms with van der Waals surface area (Å²) < 4.78 is 10.8. The molecule has 0 fully saturated rings. The molecule has 8 heteroatoms. The Morgan fingerprint density at radius 1 is 1.00 bits per heavy atom. The molecular weight excluding hydrogens is 416 g/mol. The van der Waals surface area contributed by atoms with Crippen molar-refractivity contribution in [1.82, 2.24) is 20.4 Å². The van der Waals surface area contributed by atoms with Crippen LogP contribution in [0.2, 0.25) is 5.02 Å². The number of benzene rings is 2. The molecule has 4 rings (SSSR count). The molecule has 1 N–H and O–H groups in total. The third kappa shape index (κ3) is 5.58. The van der Waals surface area contributed by atoms with Crippen molar-refractivity contribution < 1.29 is 13.7 Å². The normalized spacial score (nSPS) is 10.9. The molecule has 0 unspecified atom stereocenters. The maximum absolute atomic E-state index is 12.1. The number of aryl methyl sites for hydroxylation is 2.